The third-order valence-electron chi connectivity index (χ3n) is 5.12. The number of H-pyrrole nitrogens is 1. The van der Waals surface area contributed by atoms with E-state index in [4.69, 9.17) is 9.97 Å². The summed E-state index contributed by atoms with van der Waals surface area (Å²) < 4.78 is 2.51. The minimum absolute atomic E-state index is 0.314. The standard InChI is InChI=1S/C22H17N5O2/c1-26-19-17-20(25-18(19)21(28)27(2)22(26)29)24-16(14-11-7-4-8-12-14)15(23-17)13-9-5-3-6-10-13/h3-12H,1-2H3,(H,24,25). The summed E-state index contributed by atoms with van der Waals surface area (Å²) in [6, 6.07) is 19.5. The largest absolute Gasteiger partial charge is 0.332 e. The van der Waals surface area contributed by atoms with Crippen molar-refractivity contribution in [2.75, 3.05) is 0 Å². The number of hydrogen-bond donors (Lipinski definition) is 1. The SMILES string of the molecule is Cn1c(=O)c2[nH]c3nc(-c4ccccc4)c(-c4ccccc4)nc3c2n(C)c1=O. The molecule has 0 bridgehead atoms. The van der Waals surface area contributed by atoms with Gasteiger partial charge < -0.3 is 4.98 Å². The Kier molecular flexibility index (Phi) is 3.70. The minimum atomic E-state index is -0.404. The maximum Gasteiger partial charge on any atom is 0.331 e. The van der Waals surface area contributed by atoms with Crippen molar-refractivity contribution in [3.8, 4) is 22.5 Å². The molecule has 0 aliphatic carbocycles. The molecule has 0 aliphatic rings. The number of aromatic amines is 1. The van der Waals surface area contributed by atoms with Gasteiger partial charge in [-0.3, -0.25) is 13.9 Å². The summed E-state index contributed by atoms with van der Waals surface area (Å²) >= 11 is 0. The molecule has 0 unspecified atom stereocenters. The molecule has 5 rings (SSSR count). The van der Waals surface area contributed by atoms with E-state index in [2.05, 4.69) is 4.98 Å². The Morgan fingerprint density at radius 3 is 1.90 bits per heavy atom. The summed E-state index contributed by atoms with van der Waals surface area (Å²) in [6.45, 7) is 0. The first kappa shape index (κ1) is 17.1. The summed E-state index contributed by atoms with van der Waals surface area (Å²) in [6.07, 6.45) is 0. The van der Waals surface area contributed by atoms with E-state index in [9.17, 15) is 9.59 Å². The van der Waals surface area contributed by atoms with E-state index in [0.717, 1.165) is 15.7 Å². The molecule has 5 aromatic rings. The Morgan fingerprint density at radius 2 is 1.31 bits per heavy atom. The van der Waals surface area contributed by atoms with Crippen molar-refractivity contribution in [3.63, 3.8) is 0 Å². The molecule has 0 amide bonds. The topological polar surface area (TPSA) is 85.6 Å². The van der Waals surface area contributed by atoms with Gasteiger partial charge in [0.1, 0.15) is 16.6 Å². The van der Waals surface area contributed by atoms with Crippen molar-refractivity contribution < 1.29 is 0 Å². The van der Waals surface area contributed by atoms with Crippen LogP contribution in [0.3, 0.4) is 0 Å². The van der Waals surface area contributed by atoms with Crippen LogP contribution in [0.25, 0.3) is 44.7 Å². The van der Waals surface area contributed by atoms with Crippen LogP contribution in [-0.2, 0) is 14.1 Å². The molecule has 1 N–H and O–H groups in total. The van der Waals surface area contributed by atoms with Gasteiger partial charge >= 0.3 is 5.69 Å². The molecule has 0 saturated carbocycles. The molecule has 7 heteroatoms. The van der Waals surface area contributed by atoms with Gasteiger partial charge in [-0.15, -0.1) is 0 Å². The fraction of sp³-hybridized carbons (Fsp3) is 0.0909. The Morgan fingerprint density at radius 1 is 0.759 bits per heavy atom. The van der Waals surface area contributed by atoms with E-state index in [-0.39, 0.29) is 0 Å². The predicted octanol–water partition coefficient (Wildman–Crippen LogP) is 2.84. The normalized spacial score (nSPS) is 11.4. The van der Waals surface area contributed by atoms with Gasteiger partial charge in [-0.25, -0.2) is 14.8 Å². The van der Waals surface area contributed by atoms with Crippen LogP contribution in [0.5, 0.6) is 0 Å². The number of rotatable bonds is 2. The zero-order valence-corrected chi connectivity index (χ0v) is 15.9. The summed E-state index contributed by atoms with van der Waals surface area (Å²) in [7, 11) is 3.09. The monoisotopic (exact) mass is 383 g/mol. The van der Waals surface area contributed by atoms with Crippen molar-refractivity contribution in [1.82, 2.24) is 24.1 Å². The molecule has 3 heterocycles. The van der Waals surface area contributed by atoms with E-state index in [0.29, 0.717) is 33.6 Å². The number of hydrogen-bond acceptors (Lipinski definition) is 4. The lowest BCUT2D eigenvalue weighted by atomic mass is 10.0. The second kappa shape index (κ2) is 6.27. The molecule has 0 radical (unpaired) electrons. The number of aryl methyl sites for hydroxylation is 1. The predicted molar refractivity (Wildman–Crippen MR) is 113 cm³/mol. The highest BCUT2D eigenvalue weighted by molar-refractivity contribution is 6.02. The zero-order chi connectivity index (χ0) is 20.1. The van der Waals surface area contributed by atoms with Gasteiger partial charge in [0.2, 0.25) is 0 Å². The second-order valence-corrected chi connectivity index (χ2v) is 6.90. The van der Waals surface area contributed by atoms with Crippen molar-refractivity contribution in [2.45, 2.75) is 0 Å². The van der Waals surface area contributed by atoms with E-state index in [1.165, 1.54) is 11.6 Å². The molecule has 7 nitrogen and oxygen atoms in total. The molecule has 29 heavy (non-hydrogen) atoms. The van der Waals surface area contributed by atoms with E-state index in [1.54, 1.807) is 7.05 Å². The lowest BCUT2D eigenvalue weighted by Crippen LogP contribution is -2.36. The van der Waals surface area contributed by atoms with Crippen LogP contribution in [0.15, 0.2) is 70.3 Å². The molecule has 0 aliphatic heterocycles. The number of fused-ring (bicyclic) bond motifs is 3. The molecule has 142 valence electrons. The smallest absolute Gasteiger partial charge is 0.331 e. The number of nitrogens with one attached hydrogen (secondary N) is 1. The first-order chi connectivity index (χ1) is 14.1. The van der Waals surface area contributed by atoms with Crippen molar-refractivity contribution >= 4 is 22.2 Å². The highest BCUT2D eigenvalue weighted by Crippen LogP contribution is 2.32. The summed E-state index contributed by atoms with van der Waals surface area (Å²) in [4.78, 5) is 37.9. The van der Waals surface area contributed by atoms with Gasteiger partial charge in [0.15, 0.2) is 5.65 Å². The number of aromatic nitrogens is 5. The molecule has 0 fully saturated rings. The van der Waals surface area contributed by atoms with Crippen molar-refractivity contribution in [3.05, 3.63) is 81.5 Å². The third-order valence-corrected chi connectivity index (χ3v) is 5.12. The number of benzene rings is 2. The van der Waals surface area contributed by atoms with Gasteiger partial charge in [0.25, 0.3) is 5.56 Å². The van der Waals surface area contributed by atoms with E-state index < -0.39 is 11.2 Å². The van der Waals surface area contributed by atoms with Crippen molar-refractivity contribution in [1.29, 1.82) is 0 Å². The zero-order valence-electron chi connectivity index (χ0n) is 15.9. The van der Waals surface area contributed by atoms with Gasteiger partial charge in [-0.2, -0.15) is 0 Å². The number of nitrogens with zero attached hydrogens (tertiary/aromatic N) is 4. The van der Waals surface area contributed by atoms with Gasteiger partial charge in [-0.1, -0.05) is 60.7 Å². The molecule has 2 aromatic carbocycles. The van der Waals surface area contributed by atoms with Crippen LogP contribution < -0.4 is 11.2 Å². The average molecular weight is 383 g/mol. The summed E-state index contributed by atoms with van der Waals surface area (Å²) in [5.41, 5.74) is 4.16. The van der Waals surface area contributed by atoms with Gasteiger partial charge in [0.05, 0.1) is 11.4 Å². The van der Waals surface area contributed by atoms with Crippen LogP contribution in [0.2, 0.25) is 0 Å². The maximum absolute atomic E-state index is 12.6. The lowest BCUT2D eigenvalue weighted by molar-refractivity contribution is 0.713. The Balaban J connectivity index is 1.97. The first-order valence-corrected chi connectivity index (χ1v) is 9.16. The minimum Gasteiger partial charge on any atom is -0.332 e. The summed E-state index contributed by atoms with van der Waals surface area (Å²) in [5, 5.41) is 0. The van der Waals surface area contributed by atoms with Crippen molar-refractivity contribution in [2.24, 2.45) is 14.1 Å². The highest BCUT2D eigenvalue weighted by Gasteiger charge is 2.20. The second-order valence-electron chi connectivity index (χ2n) is 6.90. The Labute approximate surface area is 164 Å². The maximum atomic E-state index is 12.6. The van der Waals surface area contributed by atoms with Gasteiger partial charge in [-0.05, 0) is 0 Å². The average Bonchev–Trinajstić information content (AvgIpc) is 3.15. The molecule has 0 atom stereocenters. The van der Waals surface area contributed by atoms with Gasteiger partial charge in [0, 0.05) is 25.2 Å². The Hall–Kier alpha value is -4.00. The summed E-state index contributed by atoms with van der Waals surface area (Å²) in [5.74, 6) is 0. The van der Waals surface area contributed by atoms with E-state index >= 15 is 0 Å². The first-order valence-electron chi connectivity index (χ1n) is 9.16. The van der Waals surface area contributed by atoms with Crippen LogP contribution >= 0.6 is 0 Å². The van der Waals surface area contributed by atoms with Crippen LogP contribution in [0, 0.1) is 0 Å². The van der Waals surface area contributed by atoms with Crippen LogP contribution in [0.4, 0.5) is 0 Å². The quantitative estimate of drug-likeness (QED) is 0.508. The molecule has 3 aromatic heterocycles. The Bertz CT molecular complexity index is 1500. The molecular formula is C22H17N5O2. The molecule has 0 spiro atoms. The highest BCUT2D eigenvalue weighted by atomic mass is 16.2. The fourth-order valence-electron chi connectivity index (χ4n) is 3.63. The lowest BCUT2D eigenvalue weighted by Gasteiger charge is -2.09. The molecular weight excluding hydrogens is 366 g/mol. The van der Waals surface area contributed by atoms with Crippen LogP contribution in [-0.4, -0.2) is 24.1 Å². The van der Waals surface area contributed by atoms with Crippen LogP contribution in [0.1, 0.15) is 0 Å². The third kappa shape index (κ3) is 2.51. The molecule has 0 saturated heterocycles. The fourth-order valence-corrected chi connectivity index (χ4v) is 3.63. The van der Waals surface area contributed by atoms with E-state index in [1.807, 2.05) is 60.7 Å².